The van der Waals surface area contributed by atoms with Crippen LogP contribution in [0.3, 0.4) is 0 Å². The Balaban J connectivity index is 2.89. The van der Waals surface area contributed by atoms with Gasteiger partial charge in [-0.2, -0.15) is 5.26 Å². The van der Waals surface area contributed by atoms with Crippen LogP contribution in [0.1, 0.15) is 36.4 Å². The van der Waals surface area contributed by atoms with Crippen LogP contribution in [-0.4, -0.2) is 11.4 Å². The minimum Gasteiger partial charge on any atom is -0.333 e. The number of rotatable bonds is 4. The largest absolute Gasteiger partial charge is 0.333 e. The molecule has 6 heteroatoms. The maximum Gasteiger partial charge on any atom is 0.262 e. The molecular weight excluding hydrogens is 368 g/mol. The summed E-state index contributed by atoms with van der Waals surface area (Å²) in [6.07, 6.45) is 1.19. The molecule has 0 aliphatic carbocycles. The fourth-order valence-corrected chi connectivity index (χ4v) is 3.28. The number of nitrogens with one attached hydrogen (secondary N) is 1. The van der Waals surface area contributed by atoms with E-state index in [1.165, 1.54) is 11.3 Å². The maximum atomic E-state index is 12.0. The van der Waals surface area contributed by atoms with Gasteiger partial charge in [-0.05, 0) is 50.8 Å². The molecule has 0 aromatic carbocycles. The molecular formula is C11H12Br2N2OS. The van der Waals surface area contributed by atoms with Crippen molar-refractivity contribution < 1.29 is 4.79 Å². The van der Waals surface area contributed by atoms with Gasteiger partial charge in [-0.15, -0.1) is 11.3 Å². The summed E-state index contributed by atoms with van der Waals surface area (Å²) in [4.78, 5) is 12.6. The number of nitriles is 1. The lowest BCUT2D eigenvalue weighted by Crippen LogP contribution is -2.46. The standard InChI is InChI=1S/C11H12Br2N2OS/c1-3-11(4-2,6-14)15-10(16)8-5-7(12)9(13)17-8/h5H,3-4H2,1-2H3,(H,15,16). The van der Waals surface area contributed by atoms with E-state index in [2.05, 4.69) is 43.2 Å². The number of hydrogen-bond acceptors (Lipinski definition) is 3. The van der Waals surface area contributed by atoms with Gasteiger partial charge >= 0.3 is 0 Å². The molecule has 0 saturated carbocycles. The Morgan fingerprint density at radius 3 is 2.47 bits per heavy atom. The Bertz CT molecular complexity index is 441. The molecule has 1 rings (SSSR count). The summed E-state index contributed by atoms with van der Waals surface area (Å²) >= 11 is 8.02. The molecule has 0 fully saturated rings. The van der Waals surface area contributed by atoms with Gasteiger partial charge in [-0.25, -0.2) is 0 Å². The monoisotopic (exact) mass is 378 g/mol. The number of hydrogen-bond donors (Lipinski definition) is 1. The molecule has 0 spiro atoms. The van der Waals surface area contributed by atoms with Crippen molar-refractivity contribution in [1.29, 1.82) is 5.26 Å². The zero-order chi connectivity index (χ0) is 13.1. The van der Waals surface area contributed by atoms with E-state index in [-0.39, 0.29) is 5.91 Å². The summed E-state index contributed by atoms with van der Waals surface area (Å²) in [6.45, 7) is 3.79. The molecule has 1 N–H and O–H groups in total. The van der Waals surface area contributed by atoms with E-state index in [0.29, 0.717) is 17.7 Å². The van der Waals surface area contributed by atoms with Gasteiger partial charge in [0.15, 0.2) is 0 Å². The summed E-state index contributed by atoms with van der Waals surface area (Å²) in [5.41, 5.74) is -0.764. The molecule has 3 nitrogen and oxygen atoms in total. The normalized spacial score (nSPS) is 11.0. The fraction of sp³-hybridized carbons (Fsp3) is 0.455. The Labute approximate surface area is 121 Å². The van der Waals surface area contributed by atoms with Crippen LogP contribution in [0.4, 0.5) is 0 Å². The van der Waals surface area contributed by atoms with E-state index in [0.717, 1.165) is 8.26 Å². The van der Waals surface area contributed by atoms with Gasteiger partial charge in [0.1, 0.15) is 5.54 Å². The van der Waals surface area contributed by atoms with Crippen LogP contribution in [0.2, 0.25) is 0 Å². The quantitative estimate of drug-likeness (QED) is 0.856. The summed E-state index contributed by atoms with van der Waals surface area (Å²) in [5.74, 6) is -0.202. The van der Waals surface area contributed by atoms with Gasteiger partial charge in [0.25, 0.3) is 5.91 Å². The second-order valence-electron chi connectivity index (χ2n) is 3.59. The summed E-state index contributed by atoms with van der Waals surface area (Å²) in [7, 11) is 0. The molecule has 0 bridgehead atoms. The maximum absolute atomic E-state index is 12.0. The topological polar surface area (TPSA) is 52.9 Å². The highest BCUT2D eigenvalue weighted by atomic mass is 79.9. The number of amides is 1. The third kappa shape index (κ3) is 3.30. The van der Waals surface area contributed by atoms with Crippen LogP contribution in [0.15, 0.2) is 14.3 Å². The first-order valence-corrected chi connectivity index (χ1v) is 7.57. The van der Waals surface area contributed by atoms with Crippen molar-refractivity contribution in [2.24, 2.45) is 0 Å². The number of carbonyl (C=O) groups is 1. The molecule has 0 unspecified atom stereocenters. The van der Waals surface area contributed by atoms with Gasteiger partial charge in [-0.1, -0.05) is 13.8 Å². The highest BCUT2D eigenvalue weighted by Gasteiger charge is 2.28. The molecule has 92 valence electrons. The minimum atomic E-state index is -0.764. The Hall–Kier alpha value is -0.380. The number of carbonyl (C=O) groups excluding carboxylic acids is 1. The molecule has 0 atom stereocenters. The molecule has 0 radical (unpaired) electrons. The van der Waals surface area contributed by atoms with Crippen LogP contribution in [-0.2, 0) is 0 Å². The zero-order valence-corrected chi connectivity index (χ0v) is 13.5. The molecule has 1 aromatic rings. The second kappa shape index (κ2) is 5.98. The first-order chi connectivity index (χ1) is 7.98. The SMILES string of the molecule is CCC(C#N)(CC)NC(=O)c1cc(Br)c(Br)s1. The first kappa shape index (κ1) is 14.7. The second-order valence-corrected chi connectivity index (χ2v) is 6.81. The highest BCUT2D eigenvalue weighted by molar-refractivity contribution is 9.13. The van der Waals surface area contributed by atoms with E-state index in [1.54, 1.807) is 6.07 Å². The Kier molecular flexibility index (Phi) is 5.17. The van der Waals surface area contributed by atoms with Crippen molar-refractivity contribution in [3.8, 4) is 6.07 Å². The molecule has 0 aliphatic rings. The minimum absolute atomic E-state index is 0.202. The Morgan fingerprint density at radius 1 is 1.53 bits per heavy atom. The van der Waals surface area contributed by atoms with Crippen LogP contribution in [0, 0.1) is 11.3 Å². The zero-order valence-electron chi connectivity index (χ0n) is 9.51. The third-order valence-corrected chi connectivity index (χ3v) is 5.90. The van der Waals surface area contributed by atoms with Crippen molar-refractivity contribution in [3.05, 3.63) is 19.2 Å². The fourth-order valence-electron chi connectivity index (χ4n) is 1.35. The lowest BCUT2D eigenvalue weighted by atomic mass is 9.95. The van der Waals surface area contributed by atoms with Gasteiger partial charge in [0.2, 0.25) is 0 Å². The van der Waals surface area contributed by atoms with Crippen LogP contribution < -0.4 is 5.32 Å². The summed E-state index contributed by atoms with van der Waals surface area (Å²) < 4.78 is 1.72. The van der Waals surface area contributed by atoms with Gasteiger partial charge in [0, 0.05) is 4.47 Å². The average molecular weight is 380 g/mol. The van der Waals surface area contributed by atoms with E-state index >= 15 is 0 Å². The molecule has 1 amide bonds. The van der Waals surface area contributed by atoms with Crippen molar-refractivity contribution in [1.82, 2.24) is 5.32 Å². The first-order valence-electron chi connectivity index (χ1n) is 5.16. The molecule has 1 heterocycles. The molecule has 17 heavy (non-hydrogen) atoms. The molecule has 1 aromatic heterocycles. The number of nitrogens with zero attached hydrogens (tertiary/aromatic N) is 1. The van der Waals surface area contributed by atoms with E-state index < -0.39 is 5.54 Å². The van der Waals surface area contributed by atoms with Crippen LogP contribution >= 0.6 is 43.2 Å². The Morgan fingerprint density at radius 2 is 2.12 bits per heavy atom. The van der Waals surface area contributed by atoms with Crippen LogP contribution in [0.25, 0.3) is 0 Å². The van der Waals surface area contributed by atoms with Crippen molar-refractivity contribution >= 4 is 49.1 Å². The van der Waals surface area contributed by atoms with Crippen molar-refractivity contribution in [3.63, 3.8) is 0 Å². The highest BCUT2D eigenvalue weighted by Crippen LogP contribution is 2.32. The summed E-state index contributed by atoms with van der Waals surface area (Å²) in [5, 5.41) is 12.0. The van der Waals surface area contributed by atoms with Crippen molar-refractivity contribution in [2.75, 3.05) is 0 Å². The number of halogens is 2. The predicted molar refractivity (Wildman–Crippen MR) is 76.1 cm³/mol. The van der Waals surface area contributed by atoms with E-state index in [4.69, 9.17) is 5.26 Å². The lowest BCUT2D eigenvalue weighted by Gasteiger charge is -2.24. The average Bonchev–Trinajstić information content (AvgIpc) is 2.67. The van der Waals surface area contributed by atoms with E-state index in [1.807, 2.05) is 13.8 Å². The van der Waals surface area contributed by atoms with Gasteiger partial charge in [0.05, 0.1) is 14.7 Å². The molecule has 0 saturated heterocycles. The summed E-state index contributed by atoms with van der Waals surface area (Å²) in [6, 6.07) is 3.93. The smallest absolute Gasteiger partial charge is 0.262 e. The number of thiophene rings is 1. The van der Waals surface area contributed by atoms with Crippen LogP contribution in [0.5, 0.6) is 0 Å². The van der Waals surface area contributed by atoms with Gasteiger partial charge < -0.3 is 5.32 Å². The third-order valence-electron chi connectivity index (χ3n) is 2.64. The van der Waals surface area contributed by atoms with E-state index in [9.17, 15) is 4.79 Å². The van der Waals surface area contributed by atoms with Crippen molar-refractivity contribution in [2.45, 2.75) is 32.2 Å². The lowest BCUT2D eigenvalue weighted by molar-refractivity contribution is 0.0919. The molecule has 0 aliphatic heterocycles. The predicted octanol–water partition coefficient (Wildman–Crippen LogP) is 4.09. The van der Waals surface area contributed by atoms with Gasteiger partial charge in [-0.3, -0.25) is 4.79 Å².